The van der Waals surface area contributed by atoms with E-state index in [0.717, 1.165) is 34.3 Å². The molecule has 0 unspecified atom stereocenters. The van der Waals surface area contributed by atoms with Crippen LogP contribution in [0.4, 0.5) is 8.63 Å². The Hall–Kier alpha value is -1.98. The van der Waals surface area contributed by atoms with Gasteiger partial charge in [-0.25, -0.2) is 0 Å². The highest BCUT2D eigenvalue weighted by molar-refractivity contribution is 6.41. The molecule has 0 atom stereocenters. The molecule has 1 aromatic rings. The van der Waals surface area contributed by atoms with Crippen molar-refractivity contribution in [3.8, 4) is 0 Å². The third kappa shape index (κ3) is 5.00. The molecule has 25 heavy (non-hydrogen) atoms. The lowest BCUT2D eigenvalue weighted by atomic mass is 10.0. The Kier molecular flexibility index (Phi) is 6.51. The van der Waals surface area contributed by atoms with Gasteiger partial charge in [-0.15, -0.1) is 0 Å². The maximum atomic E-state index is 13.5. The SMILES string of the molecule is CC1=CC(C)=N/C1=C\c1ccc(CCCCC(=O)C(C)C)n1B(F)F. The number of nitrogens with zero attached hydrogens (tertiary/aromatic N) is 2. The van der Waals surface area contributed by atoms with Gasteiger partial charge in [0.2, 0.25) is 0 Å². The van der Waals surface area contributed by atoms with Crippen molar-refractivity contribution in [3.05, 3.63) is 40.9 Å². The van der Waals surface area contributed by atoms with E-state index >= 15 is 0 Å². The molecular weight excluding hydrogens is 321 g/mol. The van der Waals surface area contributed by atoms with Gasteiger partial charge in [0.1, 0.15) is 5.78 Å². The number of hydrogen-bond donors (Lipinski definition) is 0. The second-order valence-electron chi connectivity index (χ2n) is 6.84. The topological polar surface area (TPSA) is 34.4 Å². The molecule has 0 aliphatic carbocycles. The maximum absolute atomic E-state index is 13.5. The average molecular weight is 346 g/mol. The van der Waals surface area contributed by atoms with Gasteiger partial charge < -0.3 is 4.48 Å². The second kappa shape index (κ2) is 8.41. The fourth-order valence-corrected chi connectivity index (χ4v) is 2.95. The number of Topliss-reactive ketones (excluding diaryl/α,β-unsaturated/α-hetero) is 1. The Bertz CT molecular complexity index is 730. The zero-order valence-corrected chi connectivity index (χ0v) is 15.4. The standard InChI is InChI=1S/C19H25BF2N2O/c1-13(2)19(25)8-6-5-7-16-9-10-17(24(16)20(21)22)12-18-14(3)11-15(4)23-18/h9-13H,5-8H2,1-4H3/b18-12-. The fourth-order valence-electron chi connectivity index (χ4n) is 2.95. The number of unbranched alkanes of at least 4 members (excludes halogenated alkanes) is 1. The highest BCUT2D eigenvalue weighted by atomic mass is 19.2. The first-order valence-corrected chi connectivity index (χ1v) is 8.76. The van der Waals surface area contributed by atoms with Crippen LogP contribution in [-0.2, 0) is 11.2 Å². The van der Waals surface area contributed by atoms with E-state index in [9.17, 15) is 13.4 Å². The van der Waals surface area contributed by atoms with Gasteiger partial charge >= 0.3 is 7.40 Å². The number of aliphatic imine (C=N–C) groups is 1. The summed E-state index contributed by atoms with van der Waals surface area (Å²) in [5.41, 5.74) is 3.65. The quantitative estimate of drug-likeness (QED) is 0.484. The Balaban J connectivity index is 2.08. The van der Waals surface area contributed by atoms with Crippen LogP contribution >= 0.6 is 0 Å². The largest absolute Gasteiger partial charge is 0.677 e. The molecule has 134 valence electrons. The van der Waals surface area contributed by atoms with Crippen LogP contribution in [0.1, 0.15) is 58.3 Å². The van der Waals surface area contributed by atoms with E-state index in [1.165, 1.54) is 0 Å². The van der Waals surface area contributed by atoms with Crippen molar-refractivity contribution in [2.75, 3.05) is 0 Å². The predicted molar refractivity (Wildman–Crippen MR) is 100 cm³/mol. The third-order valence-corrected chi connectivity index (χ3v) is 4.39. The summed E-state index contributed by atoms with van der Waals surface area (Å²) in [4.78, 5) is 16.0. The highest BCUT2D eigenvalue weighted by Crippen LogP contribution is 2.24. The molecule has 0 radical (unpaired) electrons. The molecule has 0 fully saturated rings. The predicted octanol–water partition coefficient (Wildman–Crippen LogP) is 4.96. The molecule has 0 N–H and O–H groups in total. The third-order valence-electron chi connectivity index (χ3n) is 4.39. The van der Waals surface area contributed by atoms with Crippen molar-refractivity contribution in [2.45, 2.75) is 53.4 Å². The summed E-state index contributed by atoms with van der Waals surface area (Å²) >= 11 is 0. The van der Waals surface area contributed by atoms with Crippen LogP contribution in [-0.4, -0.2) is 23.4 Å². The molecule has 0 amide bonds. The van der Waals surface area contributed by atoms with Crippen molar-refractivity contribution in [2.24, 2.45) is 10.9 Å². The van der Waals surface area contributed by atoms with Gasteiger partial charge in [0.25, 0.3) is 0 Å². The van der Waals surface area contributed by atoms with Gasteiger partial charge in [0.15, 0.2) is 0 Å². The van der Waals surface area contributed by atoms with Crippen molar-refractivity contribution >= 4 is 25.0 Å². The van der Waals surface area contributed by atoms with Crippen LogP contribution < -0.4 is 0 Å². The van der Waals surface area contributed by atoms with Gasteiger partial charge in [-0.05, 0) is 63.0 Å². The minimum Gasteiger partial charge on any atom is -0.329 e. The molecule has 1 aliphatic rings. The number of ketones is 1. The van der Waals surface area contributed by atoms with E-state index in [4.69, 9.17) is 0 Å². The monoisotopic (exact) mass is 346 g/mol. The minimum atomic E-state index is -2.59. The summed E-state index contributed by atoms with van der Waals surface area (Å²) in [5.74, 6) is 0.265. The molecule has 0 saturated carbocycles. The maximum Gasteiger partial charge on any atom is 0.677 e. The van der Waals surface area contributed by atoms with Gasteiger partial charge in [-0.2, -0.15) is 0 Å². The normalized spacial score (nSPS) is 15.7. The number of hydrogen-bond acceptors (Lipinski definition) is 2. The molecule has 6 heteroatoms. The summed E-state index contributed by atoms with van der Waals surface area (Å²) < 4.78 is 28.1. The van der Waals surface area contributed by atoms with Crippen LogP contribution in [0.2, 0.25) is 0 Å². The van der Waals surface area contributed by atoms with Gasteiger partial charge in [0, 0.05) is 29.4 Å². The van der Waals surface area contributed by atoms with E-state index in [0.29, 0.717) is 24.2 Å². The number of carbonyl (C=O) groups is 1. The molecule has 1 aliphatic heterocycles. The number of carbonyl (C=O) groups excluding carboxylic acids is 1. The van der Waals surface area contributed by atoms with E-state index in [1.54, 1.807) is 18.2 Å². The van der Waals surface area contributed by atoms with Crippen molar-refractivity contribution in [1.29, 1.82) is 0 Å². The Morgan fingerprint density at radius 2 is 2.00 bits per heavy atom. The van der Waals surface area contributed by atoms with Crippen LogP contribution in [0.5, 0.6) is 0 Å². The van der Waals surface area contributed by atoms with Crippen LogP contribution in [0.15, 0.2) is 34.5 Å². The Morgan fingerprint density at radius 1 is 1.28 bits per heavy atom. The zero-order chi connectivity index (χ0) is 18.6. The van der Waals surface area contributed by atoms with E-state index < -0.39 is 7.40 Å². The van der Waals surface area contributed by atoms with Crippen molar-refractivity contribution < 1.29 is 13.4 Å². The Morgan fingerprint density at radius 3 is 2.56 bits per heavy atom. The number of aryl methyl sites for hydroxylation is 1. The second-order valence-corrected chi connectivity index (χ2v) is 6.84. The number of halogens is 2. The number of aromatic nitrogens is 1. The van der Waals surface area contributed by atoms with Gasteiger partial charge in [-0.1, -0.05) is 13.8 Å². The molecule has 0 spiro atoms. The van der Waals surface area contributed by atoms with Crippen LogP contribution in [0.25, 0.3) is 6.08 Å². The average Bonchev–Trinajstić information content (AvgIpc) is 3.06. The molecule has 0 saturated heterocycles. The lowest BCUT2D eigenvalue weighted by molar-refractivity contribution is -0.122. The summed E-state index contributed by atoms with van der Waals surface area (Å²) in [6.45, 7) is 7.58. The first-order valence-electron chi connectivity index (χ1n) is 8.76. The molecule has 1 aromatic heterocycles. The molecular formula is C19H25BF2N2O. The summed E-state index contributed by atoms with van der Waals surface area (Å²) in [7, 11) is -2.59. The summed E-state index contributed by atoms with van der Waals surface area (Å²) in [6, 6.07) is 3.46. The zero-order valence-electron chi connectivity index (χ0n) is 15.4. The molecule has 2 rings (SSSR count). The molecule has 2 heterocycles. The Labute approximate surface area is 148 Å². The van der Waals surface area contributed by atoms with E-state index in [2.05, 4.69) is 4.99 Å². The van der Waals surface area contributed by atoms with E-state index in [-0.39, 0.29) is 11.7 Å². The fraction of sp³-hybridized carbons (Fsp3) is 0.474. The van der Waals surface area contributed by atoms with E-state index in [1.807, 2.05) is 33.8 Å². The molecule has 0 aromatic carbocycles. The summed E-state index contributed by atoms with van der Waals surface area (Å²) in [6.07, 6.45) is 6.15. The van der Waals surface area contributed by atoms with Gasteiger partial charge in [0.05, 0.1) is 5.70 Å². The minimum absolute atomic E-state index is 0.0369. The summed E-state index contributed by atoms with van der Waals surface area (Å²) in [5, 5.41) is 0. The first-order chi connectivity index (χ1) is 11.8. The smallest absolute Gasteiger partial charge is 0.329 e. The van der Waals surface area contributed by atoms with Crippen LogP contribution in [0.3, 0.4) is 0 Å². The highest BCUT2D eigenvalue weighted by Gasteiger charge is 2.23. The van der Waals surface area contributed by atoms with Gasteiger partial charge in [-0.3, -0.25) is 18.4 Å². The number of rotatable bonds is 8. The molecule has 3 nitrogen and oxygen atoms in total. The lowest BCUT2D eigenvalue weighted by Gasteiger charge is -2.09. The number of allylic oxidation sites excluding steroid dienone is 2. The molecule has 0 bridgehead atoms. The first kappa shape index (κ1) is 19.4. The van der Waals surface area contributed by atoms with Crippen LogP contribution in [0, 0.1) is 5.92 Å². The lowest BCUT2D eigenvalue weighted by Crippen LogP contribution is -2.17. The van der Waals surface area contributed by atoms with Crippen molar-refractivity contribution in [3.63, 3.8) is 0 Å². The van der Waals surface area contributed by atoms with Crippen molar-refractivity contribution in [1.82, 2.24) is 4.48 Å².